The van der Waals surface area contributed by atoms with Crippen molar-refractivity contribution in [1.29, 1.82) is 0 Å². The van der Waals surface area contributed by atoms with Crippen LogP contribution in [0.15, 0.2) is 36.3 Å². The molecule has 0 bridgehead atoms. The first-order valence-electron chi connectivity index (χ1n) is 7.84. The van der Waals surface area contributed by atoms with Gasteiger partial charge in [-0.15, -0.1) is 0 Å². The molecule has 0 atom stereocenters. The lowest BCUT2D eigenvalue weighted by Gasteiger charge is -2.42. The van der Waals surface area contributed by atoms with Crippen LogP contribution in [-0.4, -0.2) is 15.4 Å². The van der Waals surface area contributed by atoms with Gasteiger partial charge in [0.05, 0.1) is 7.11 Å². The average Bonchev–Trinajstić information content (AvgIpc) is 2.43. The van der Waals surface area contributed by atoms with Gasteiger partial charge in [0, 0.05) is 6.08 Å². The molecule has 0 aliphatic heterocycles. The highest BCUT2D eigenvalue weighted by atomic mass is 28.4. The van der Waals surface area contributed by atoms with Gasteiger partial charge in [-0.05, 0) is 22.2 Å². The lowest BCUT2D eigenvalue weighted by atomic mass is 10.2. The minimum absolute atomic E-state index is 0.534. The number of hydrogen-bond donors (Lipinski definition) is 0. The van der Waals surface area contributed by atoms with Gasteiger partial charge in [0.2, 0.25) is 0 Å². The topological polar surface area (TPSA) is 18.5 Å². The summed E-state index contributed by atoms with van der Waals surface area (Å²) in [5, 5.41) is 0. The lowest BCUT2D eigenvalue weighted by Crippen LogP contribution is -2.47. The maximum Gasteiger partial charge on any atom is 0.265 e. The van der Waals surface area contributed by atoms with Crippen LogP contribution in [0.1, 0.15) is 47.1 Å². The van der Waals surface area contributed by atoms with Crippen molar-refractivity contribution in [2.24, 2.45) is 0 Å². The van der Waals surface area contributed by atoms with Crippen LogP contribution in [0.2, 0.25) is 16.6 Å². The number of hydrogen-bond acceptors (Lipinski definition) is 2. The second-order valence-electron chi connectivity index (χ2n) is 6.50. The minimum Gasteiger partial charge on any atom is -0.518 e. The summed E-state index contributed by atoms with van der Waals surface area (Å²) in [5.74, 6) is 0.643. The van der Waals surface area contributed by atoms with Crippen LogP contribution in [-0.2, 0) is 9.16 Å². The van der Waals surface area contributed by atoms with E-state index in [4.69, 9.17) is 9.16 Å². The summed E-state index contributed by atoms with van der Waals surface area (Å²) in [6, 6.07) is 10.2. The molecule has 0 heterocycles. The number of methoxy groups -OCH3 is 1. The maximum atomic E-state index is 6.55. The molecule has 2 nitrogen and oxygen atoms in total. The second-order valence-corrected chi connectivity index (χ2v) is 11.9. The summed E-state index contributed by atoms with van der Waals surface area (Å²) in [6.45, 7) is 13.7. The first kappa shape index (κ1) is 17.8. The van der Waals surface area contributed by atoms with Crippen LogP contribution in [0, 0.1) is 0 Å². The Morgan fingerprint density at radius 3 is 1.76 bits per heavy atom. The van der Waals surface area contributed by atoms with E-state index in [1.807, 2.05) is 24.3 Å². The molecule has 0 fully saturated rings. The molecule has 118 valence electrons. The van der Waals surface area contributed by atoms with E-state index < -0.39 is 8.32 Å². The molecule has 0 unspecified atom stereocenters. The molecule has 0 radical (unpaired) electrons. The van der Waals surface area contributed by atoms with E-state index in [1.165, 1.54) is 0 Å². The van der Waals surface area contributed by atoms with Crippen molar-refractivity contribution >= 4 is 14.4 Å². The molecule has 1 aromatic rings. The van der Waals surface area contributed by atoms with Crippen LogP contribution >= 0.6 is 0 Å². The van der Waals surface area contributed by atoms with Gasteiger partial charge >= 0.3 is 0 Å². The molecule has 0 aliphatic rings. The van der Waals surface area contributed by atoms with E-state index >= 15 is 0 Å². The molecule has 3 heteroatoms. The van der Waals surface area contributed by atoms with Crippen molar-refractivity contribution in [2.45, 2.75) is 58.2 Å². The summed E-state index contributed by atoms with van der Waals surface area (Å²) >= 11 is 0. The number of ether oxygens (including phenoxy) is 1. The van der Waals surface area contributed by atoms with E-state index in [-0.39, 0.29) is 0 Å². The van der Waals surface area contributed by atoms with Crippen LogP contribution in [0.5, 0.6) is 0 Å². The fraction of sp³-hybridized carbons (Fsp3) is 0.556. The second kappa shape index (κ2) is 7.69. The standard InChI is InChI=1S/C18H30O2Si/c1-14(2)21(15(3)4,16(5)6)20-18(19-7)13-17-11-9-8-10-12-17/h8-16H,1-7H3/b18-13-. The molecular weight excluding hydrogens is 276 g/mol. The number of benzene rings is 1. The van der Waals surface area contributed by atoms with Gasteiger partial charge in [0.1, 0.15) is 0 Å². The monoisotopic (exact) mass is 306 g/mol. The molecular formula is C18H30O2Si. The van der Waals surface area contributed by atoms with Gasteiger partial charge in [-0.2, -0.15) is 0 Å². The van der Waals surface area contributed by atoms with Crippen LogP contribution < -0.4 is 0 Å². The van der Waals surface area contributed by atoms with Crippen molar-refractivity contribution in [3.8, 4) is 0 Å². The Morgan fingerprint density at radius 2 is 1.38 bits per heavy atom. The van der Waals surface area contributed by atoms with Gasteiger partial charge in [-0.25, -0.2) is 0 Å². The number of rotatable bonds is 7. The van der Waals surface area contributed by atoms with Gasteiger partial charge < -0.3 is 9.16 Å². The average molecular weight is 307 g/mol. The highest BCUT2D eigenvalue weighted by molar-refractivity contribution is 6.77. The van der Waals surface area contributed by atoms with Gasteiger partial charge in [0.15, 0.2) is 0 Å². The van der Waals surface area contributed by atoms with Crippen molar-refractivity contribution in [3.63, 3.8) is 0 Å². The fourth-order valence-electron chi connectivity index (χ4n) is 3.34. The zero-order valence-electron chi connectivity index (χ0n) is 14.5. The first-order chi connectivity index (χ1) is 9.84. The third-order valence-electron chi connectivity index (χ3n) is 4.27. The highest BCUT2D eigenvalue weighted by Gasteiger charge is 2.47. The minimum atomic E-state index is -1.96. The predicted octanol–water partition coefficient (Wildman–Crippen LogP) is 5.82. The molecule has 0 aromatic heterocycles. The maximum absolute atomic E-state index is 6.55. The molecule has 1 aromatic carbocycles. The summed E-state index contributed by atoms with van der Waals surface area (Å²) in [5.41, 5.74) is 2.71. The normalized spacial score (nSPS) is 13.1. The summed E-state index contributed by atoms with van der Waals surface area (Å²) < 4.78 is 12.1. The Hall–Kier alpha value is -1.22. The molecule has 0 amide bonds. The zero-order valence-corrected chi connectivity index (χ0v) is 15.5. The third-order valence-corrected chi connectivity index (χ3v) is 10.2. The Labute approximate surface area is 131 Å². The van der Waals surface area contributed by atoms with Gasteiger partial charge in [-0.3, -0.25) is 0 Å². The highest BCUT2D eigenvalue weighted by Crippen LogP contribution is 2.43. The van der Waals surface area contributed by atoms with E-state index in [9.17, 15) is 0 Å². The van der Waals surface area contributed by atoms with Crippen LogP contribution in [0.4, 0.5) is 0 Å². The van der Waals surface area contributed by atoms with Crippen molar-refractivity contribution in [1.82, 2.24) is 0 Å². The van der Waals surface area contributed by atoms with E-state index in [1.54, 1.807) is 7.11 Å². The Morgan fingerprint density at radius 1 is 0.905 bits per heavy atom. The summed E-state index contributed by atoms with van der Waals surface area (Å²) in [6.07, 6.45) is 1.99. The van der Waals surface area contributed by atoms with Gasteiger partial charge in [-0.1, -0.05) is 71.9 Å². The smallest absolute Gasteiger partial charge is 0.265 e. The molecule has 21 heavy (non-hydrogen) atoms. The molecule has 0 N–H and O–H groups in total. The largest absolute Gasteiger partial charge is 0.518 e. The molecule has 0 saturated carbocycles. The van der Waals surface area contributed by atoms with E-state index in [2.05, 4.69) is 53.7 Å². The molecule has 0 saturated heterocycles. The van der Waals surface area contributed by atoms with Crippen LogP contribution in [0.25, 0.3) is 6.08 Å². The quantitative estimate of drug-likeness (QED) is 0.466. The summed E-state index contributed by atoms with van der Waals surface area (Å²) in [7, 11) is -0.269. The van der Waals surface area contributed by atoms with Crippen molar-refractivity contribution in [2.75, 3.05) is 7.11 Å². The van der Waals surface area contributed by atoms with Crippen LogP contribution in [0.3, 0.4) is 0 Å². The van der Waals surface area contributed by atoms with E-state index in [0.717, 1.165) is 5.56 Å². The Kier molecular flexibility index (Phi) is 6.53. The fourth-order valence-corrected chi connectivity index (χ4v) is 8.54. The lowest BCUT2D eigenvalue weighted by molar-refractivity contribution is 0.142. The SMILES string of the molecule is CO/C(=C/c1ccccc1)O[Si](C(C)C)(C(C)C)C(C)C. The molecule has 0 aliphatic carbocycles. The van der Waals surface area contributed by atoms with Crippen molar-refractivity contribution < 1.29 is 9.16 Å². The summed E-state index contributed by atoms with van der Waals surface area (Å²) in [4.78, 5) is 0. The third kappa shape index (κ3) is 4.13. The van der Waals surface area contributed by atoms with E-state index in [0.29, 0.717) is 22.6 Å². The van der Waals surface area contributed by atoms with Gasteiger partial charge in [0.25, 0.3) is 14.3 Å². The predicted molar refractivity (Wildman–Crippen MR) is 93.6 cm³/mol. The molecule has 1 rings (SSSR count). The van der Waals surface area contributed by atoms with Crippen molar-refractivity contribution in [3.05, 3.63) is 41.8 Å². The molecule has 0 spiro atoms. The Bertz CT molecular complexity index is 428. The Balaban J connectivity index is 3.14. The first-order valence-corrected chi connectivity index (χ1v) is 9.98. The zero-order chi connectivity index (χ0) is 16.0.